The van der Waals surface area contributed by atoms with Crippen LogP contribution in [0.1, 0.15) is 45.1 Å². The van der Waals surface area contributed by atoms with E-state index >= 15 is 0 Å². The first-order valence-electron chi connectivity index (χ1n) is 7.10. The highest BCUT2D eigenvalue weighted by atomic mass is 16.5. The van der Waals surface area contributed by atoms with Crippen LogP contribution in [-0.2, 0) is 5.41 Å². The van der Waals surface area contributed by atoms with Gasteiger partial charge in [0, 0.05) is 12.0 Å². The Labute approximate surface area is 117 Å². The van der Waals surface area contributed by atoms with Crippen molar-refractivity contribution in [1.29, 1.82) is 0 Å². The summed E-state index contributed by atoms with van der Waals surface area (Å²) < 4.78 is 10.7. The molecule has 0 saturated carbocycles. The SMILES string of the molecule is CCCC(CN)(CCC)c1ccc(OC)c(OC)c1. The Bertz CT molecular complexity index is 384. The van der Waals surface area contributed by atoms with E-state index in [9.17, 15) is 0 Å². The molecule has 0 heterocycles. The fraction of sp³-hybridized carbons (Fsp3) is 0.625. The number of hydrogen-bond donors (Lipinski definition) is 1. The molecule has 0 radical (unpaired) electrons. The third-order valence-electron chi connectivity index (χ3n) is 3.84. The summed E-state index contributed by atoms with van der Waals surface area (Å²) in [5.41, 5.74) is 7.42. The lowest BCUT2D eigenvalue weighted by Crippen LogP contribution is -2.35. The Kier molecular flexibility index (Phi) is 6.16. The molecular weight excluding hydrogens is 238 g/mol. The van der Waals surface area contributed by atoms with Gasteiger partial charge < -0.3 is 15.2 Å². The molecule has 0 atom stereocenters. The van der Waals surface area contributed by atoms with Gasteiger partial charge in [0.25, 0.3) is 0 Å². The molecule has 1 aromatic rings. The van der Waals surface area contributed by atoms with Crippen LogP contribution in [0.25, 0.3) is 0 Å². The van der Waals surface area contributed by atoms with Crippen LogP contribution in [0.4, 0.5) is 0 Å². The van der Waals surface area contributed by atoms with Gasteiger partial charge in [-0.05, 0) is 30.5 Å². The fourth-order valence-corrected chi connectivity index (χ4v) is 2.86. The summed E-state index contributed by atoms with van der Waals surface area (Å²) in [6.45, 7) is 5.09. The molecule has 0 unspecified atom stereocenters. The van der Waals surface area contributed by atoms with Crippen molar-refractivity contribution in [1.82, 2.24) is 0 Å². The van der Waals surface area contributed by atoms with Gasteiger partial charge in [0.15, 0.2) is 11.5 Å². The molecule has 2 N–H and O–H groups in total. The predicted molar refractivity (Wildman–Crippen MR) is 80.1 cm³/mol. The molecule has 0 aliphatic carbocycles. The number of nitrogens with two attached hydrogens (primary N) is 1. The van der Waals surface area contributed by atoms with Crippen LogP contribution in [0.15, 0.2) is 18.2 Å². The highest BCUT2D eigenvalue weighted by Crippen LogP contribution is 2.38. The van der Waals surface area contributed by atoms with Gasteiger partial charge in [-0.3, -0.25) is 0 Å². The molecular formula is C16H27NO2. The predicted octanol–water partition coefficient (Wildman–Crippen LogP) is 3.50. The molecule has 0 fully saturated rings. The summed E-state index contributed by atoms with van der Waals surface area (Å²) in [5.74, 6) is 1.55. The molecule has 0 saturated heterocycles. The smallest absolute Gasteiger partial charge is 0.161 e. The lowest BCUT2D eigenvalue weighted by Gasteiger charge is -2.33. The molecule has 1 rings (SSSR count). The van der Waals surface area contributed by atoms with E-state index in [4.69, 9.17) is 15.2 Å². The van der Waals surface area contributed by atoms with Gasteiger partial charge in [-0.15, -0.1) is 0 Å². The number of ether oxygens (including phenoxy) is 2. The van der Waals surface area contributed by atoms with Gasteiger partial charge >= 0.3 is 0 Å². The molecule has 108 valence electrons. The zero-order chi connectivity index (χ0) is 14.3. The van der Waals surface area contributed by atoms with E-state index in [2.05, 4.69) is 26.0 Å². The minimum Gasteiger partial charge on any atom is -0.493 e. The van der Waals surface area contributed by atoms with Crippen LogP contribution in [0.5, 0.6) is 11.5 Å². The number of hydrogen-bond acceptors (Lipinski definition) is 3. The van der Waals surface area contributed by atoms with Gasteiger partial charge in [-0.25, -0.2) is 0 Å². The van der Waals surface area contributed by atoms with E-state index in [1.807, 2.05) is 6.07 Å². The molecule has 1 aromatic carbocycles. The van der Waals surface area contributed by atoms with Crippen molar-refractivity contribution in [2.24, 2.45) is 5.73 Å². The average molecular weight is 265 g/mol. The Hall–Kier alpha value is -1.22. The fourth-order valence-electron chi connectivity index (χ4n) is 2.86. The van der Waals surface area contributed by atoms with Crippen molar-refractivity contribution in [3.05, 3.63) is 23.8 Å². The third-order valence-corrected chi connectivity index (χ3v) is 3.84. The number of rotatable bonds is 8. The maximum atomic E-state index is 6.10. The van der Waals surface area contributed by atoms with Crippen LogP contribution in [0.2, 0.25) is 0 Å². The van der Waals surface area contributed by atoms with Crippen molar-refractivity contribution < 1.29 is 9.47 Å². The van der Waals surface area contributed by atoms with Gasteiger partial charge in [0.05, 0.1) is 14.2 Å². The first-order valence-corrected chi connectivity index (χ1v) is 7.10. The van der Waals surface area contributed by atoms with Crippen LogP contribution >= 0.6 is 0 Å². The first kappa shape index (κ1) is 15.8. The van der Waals surface area contributed by atoms with Gasteiger partial charge in [-0.2, -0.15) is 0 Å². The summed E-state index contributed by atoms with van der Waals surface area (Å²) in [6, 6.07) is 6.18. The van der Waals surface area contributed by atoms with E-state index in [1.54, 1.807) is 14.2 Å². The first-order chi connectivity index (χ1) is 9.17. The van der Waals surface area contributed by atoms with Crippen molar-refractivity contribution in [2.75, 3.05) is 20.8 Å². The summed E-state index contributed by atoms with van der Waals surface area (Å²) in [4.78, 5) is 0. The van der Waals surface area contributed by atoms with E-state index in [-0.39, 0.29) is 5.41 Å². The van der Waals surface area contributed by atoms with E-state index in [0.29, 0.717) is 6.54 Å². The van der Waals surface area contributed by atoms with Crippen LogP contribution in [0.3, 0.4) is 0 Å². The van der Waals surface area contributed by atoms with E-state index in [1.165, 1.54) is 5.56 Å². The molecule has 0 amide bonds. The molecule has 19 heavy (non-hydrogen) atoms. The summed E-state index contributed by atoms with van der Waals surface area (Å²) in [5, 5.41) is 0. The average Bonchev–Trinajstić information content (AvgIpc) is 2.46. The lowest BCUT2D eigenvalue weighted by molar-refractivity contribution is 0.343. The number of methoxy groups -OCH3 is 2. The molecule has 3 heteroatoms. The van der Waals surface area contributed by atoms with Gasteiger partial charge in [0.2, 0.25) is 0 Å². The molecule has 0 aromatic heterocycles. The lowest BCUT2D eigenvalue weighted by atomic mass is 9.73. The maximum Gasteiger partial charge on any atom is 0.161 e. The minimum atomic E-state index is 0.0586. The topological polar surface area (TPSA) is 44.5 Å². The molecule has 3 nitrogen and oxygen atoms in total. The van der Waals surface area contributed by atoms with Crippen LogP contribution < -0.4 is 15.2 Å². The monoisotopic (exact) mass is 265 g/mol. The minimum absolute atomic E-state index is 0.0586. The van der Waals surface area contributed by atoms with Crippen molar-refractivity contribution in [2.45, 2.75) is 44.9 Å². The Balaban J connectivity index is 3.21. The molecule has 0 aliphatic rings. The quantitative estimate of drug-likeness (QED) is 0.782. The standard InChI is InChI=1S/C16H27NO2/c1-5-9-16(12-17,10-6-2)13-7-8-14(18-3)15(11-13)19-4/h7-8,11H,5-6,9-10,12,17H2,1-4H3. The van der Waals surface area contributed by atoms with Crippen LogP contribution in [-0.4, -0.2) is 20.8 Å². The highest BCUT2D eigenvalue weighted by molar-refractivity contribution is 5.45. The zero-order valence-electron chi connectivity index (χ0n) is 12.7. The van der Waals surface area contributed by atoms with Gasteiger partial charge in [0.1, 0.15) is 0 Å². The van der Waals surface area contributed by atoms with Crippen molar-refractivity contribution >= 4 is 0 Å². The third kappa shape index (κ3) is 3.41. The van der Waals surface area contributed by atoms with Crippen molar-refractivity contribution in [3.8, 4) is 11.5 Å². The Morgan fingerprint density at radius 1 is 1.00 bits per heavy atom. The largest absolute Gasteiger partial charge is 0.493 e. The van der Waals surface area contributed by atoms with E-state index in [0.717, 1.165) is 37.2 Å². The Morgan fingerprint density at radius 3 is 2.00 bits per heavy atom. The van der Waals surface area contributed by atoms with Gasteiger partial charge in [-0.1, -0.05) is 32.8 Å². The molecule has 0 spiro atoms. The summed E-state index contributed by atoms with van der Waals surface area (Å²) in [6.07, 6.45) is 4.47. The van der Waals surface area contributed by atoms with Crippen molar-refractivity contribution in [3.63, 3.8) is 0 Å². The highest BCUT2D eigenvalue weighted by Gasteiger charge is 2.29. The van der Waals surface area contributed by atoms with E-state index < -0.39 is 0 Å². The molecule has 0 aliphatic heterocycles. The summed E-state index contributed by atoms with van der Waals surface area (Å²) >= 11 is 0. The summed E-state index contributed by atoms with van der Waals surface area (Å²) in [7, 11) is 3.33. The Morgan fingerprint density at radius 2 is 1.58 bits per heavy atom. The second-order valence-corrected chi connectivity index (χ2v) is 5.05. The number of benzene rings is 1. The normalized spacial score (nSPS) is 11.4. The molecule has 0 bridgehead atoms. The van der Waals surface area contributed by atoms with Crippen LogP contribution in [0, 0.1) is 0 Å². The second-order valence-electron chi connectivity index (χ2n) is 5.05. The maximum absolute atomic E-state index is 6.10. The zero-order valence-corrected chi connectivity index (χ0v) is 12.7. The second kappa shape index (κ2) is 7.39.